The van der Waals surface area contributed by atoms with Crippen LogP contribution in [-0.4, -0.2) is 16.5 Å². The Kier molecular flexibility index (Phi) is 4.48. The molecule has 0 aliphatic heterocycles. The normalized spacial score (nSPS) is 11.6. The minimum Gasteiger partial charge on any atom is -0.496 e. The number of hydrogen-bond donors (Lipinski definition) is 0. The van der Waals surface area contributed by atoms with Gasteiger partial charge in [0, 0.05) is 17.3 Å². The third kappa shape index (κ3) is 2.91. The van der Waals surface area contributed by atoms with E-state index in [9.17, 15) is 4.79 Å². The van der Waals surface area contributed by atoms with Crippen molar-refractivity contribution in [3.8, 4) is 11.4 Å². The summed E-state index contributed by atoms with van der Waals surface area (Å²) in [7, 11) is 1.65. The van der Waals surface area contributed by atoms with Crippen molar-refractivity contribution in [3.05, 3.63) is 71.0 Å². The van der Waals surface area contributed by atoms with Gasteiger partial charge in [-0.15, -0.1) is 0 Å². The van der Waals surface area contributed by atoms with Crippen molar-refractivity contribution in [2.45, 2.75) is 26.8 Å². The van der Waals surface area contributed by atoms with Crippen LogP contribution in [0, 0.1) is 5.92 Å². The van der Waals surface area contributed by atoms with Crippen molar-refractivity contribution >= 4 is 21.7 Å². The van der Waals surface area contributed by atoms with Gasteiger partial charge in [0.2, 0.25) is 0 Å². The molecule has 0 amide bonds. The second-order valence-corrected chi connectivity index (χ2v) is 7.28. The predicted octanol–water partition coefficient (Wildman–Crippen LogP) is 5.00. The van der Waals surface area contributed by atoms with Crippen LogP contribution >= 0.6 is 0 Å². The number of ether oxygens (including phenoxy) is 1. The highest BCUT2D eigenvalue weighted by Gasteiger charge is 2.19. The lowest BCUT2D eigenvalue weighted by Gasteiger charge is -2.15. The van der Waals surface area contributed by atoms with Gasteiger partial charge in [-0.25, -0.2) is 9.36 Å². The molecule has 4 rings (SSSR count). The first-order chi connectivity index (χ1) is 13.1. The Morgan fingerprint density at radius 3 is 2.26 bits per heavy atom. The van der Waals surface area contributed by atoms with Gasteiger partial charge in [0.1, 0.15) is 5.75 Å². The maximum absolute atomic E-state index is 13.3. The Hall–Kier alpha value is -3.01. The number of hydrogen-bond acceptors (Lipinski definition) is 2. The Morgan fingerprint density at radius 2 is 1.59 bits per heavy atom. The smallest absolute Gasteiger partial charge is 0.275 e. The van der Waals surface area contributed by atoms with Gasteiger partial charge >= 0.3 is 0 Å². The van der Waals surface area contributed by atoms with Crippen LogP contribution in [0.1, 0.15) is 20.3 Å². The zero-order valence-corrected chi connectivity index (χ0v) is 16.0. The van der Waals surface area contributed by atoms with Crippen molar-refractivity contribution in [1.29, 1.82) is 0 Å². The average molecular weight is 360 g/mol. The molecule has 138 valence electrons. The minimum atomic E-state index is 0.0264. The van der Waals surface area contributed by atoms with Gasteiger partial charge in [0.25, 0.3) is 5.56 Å². The molecule has 3 aromatic carbocycles. The number of nitrogens with zero attached hydrogens (tertiary/aromatic N) is 2. The number of para-hydroxylation sites is 1. The molecule has 4 heteroatoms. The van der Waals surface area contributed by atoms with E-state index in [0.717, 1.165) is 34.1 Å². The number of benzene rings is 3. The molecule has 0 bridgehead atoms. The molecule has 0 saturated carbocycles. The van der Waals surface area contributed by atoms with Gasteiger partial charge in [0.05, 0.1) is 23.7 Å². The second kappa shape index (κ2) is 6.95. The van der Waals surface area contributed by atoms with Crippen LogP contribution < -0.4 is 10.3 Å². The van der Waals surface area contributed by atoms with Crippen LogP contribution in [0.25, 0.3) is 27.4 Å². The third-order valence-electron chi connectivity index (χ3n) is 5.04. The summed E-state index contributed by atoms with van der Waals surface area (Å²) in [4.78, 5) is 13.3. The summed E-state index contributed by atoms with van der Waals surface area (Å²) in [6, 6.07) is 20.1. The van der Waals surface area contributed by atoms with Gasteiger partial charge < -0.3 is 4.74 Å². The lowest BCUT2D eigenvalue weighted by molar-refractivity contribution is 0.420. The van der Waals surface area contributed by atoms with E-state index in [2.05, 4.69) is 24.6 Å². The van der Waals surface area contributed by atoms with E-state index in [1.54, 1.807) is 7.11 Å². The molecule has 0 aliphatic carbocycles. The largest absolute Gasteiger partial charge is 0.496 e. The van der Waals surface area contributed by atoms with Gasteiger partial charge in [-0.3, -0.25) is 4.79 Å². The molecular weight excluding hydrogens is 336 g/mol. The molecule has 27 heavy (non-hydrogen) atoms. The molecule has 0 atom stereocenters. The Labute approximate surface area is 158 Å². The van der Waals surface area contributed by atoms with Crippen molar-refractivity contribution in [2.75, 3.05) is 7.11 Å². The number of methoxy groups -OCH3 is 1. The maximum Gasteiger partial charge on any atom is 0.275 e. The molecule has 0 aliphatic rings. The van der Waals surface area contributed by atoms with E-state index in [4.69, 9.17) is 4.74 Å². The van der Waals surface area contributed by atoms with E-state index >= 15 is 0 Å². The van der Waals surface area contributed by atoms with Crippen molar-refractivity contribution < 1.29 is 4.74 Å². The zero-order valence-electron chi connectivity index (χ0n) is 16.0. The molecule has 0 N–H and O–H groups in total. The van der Waals surface area contributed by atoms with Gasteiger partial charge in [0.15, 0.2) is 0 Å². The lowest BCUT2D eigenvalue weighted by Crippen LogP contribution is -2.23. The monoisotopic (exact) mass is 360 g/mol. The van der Waals surface area contributed by atoms with Crippen molar-refractivity contribution in [3.63, 3.8) is 0 Å². The maximum atomic E-state index is 13.3. The molecule has 0 unspecified atom stereocenters. The summed E-state index contributed by atoms with van der Waals surface area (Å²) in [6.45, 7) is 5.04. The number of rotatable bonds is 5. The summed E-state index contributed by atoms with van der Waals surface area (Å²) in [5.41, 5.74) is 1.95. The van der Waals surface area contributed by atoms with E-state index in [0.29, 0.717) is 17.8 Å². The fourth-order valence-corrected chi connectivity index (χ4v) is 3.66. The topological polar surface area (TPSA) is 36.2 Å². The van der Waals surface area contributed by atoms with Crippen molar-refractivity contribution in [2.24, 2.45) is 5.92 Å². The molecule has 0 radical (unpaired) electrons. The summed E-state index contributed by atoms with van der Waals surface area (Å²) >= 11 is 0. The Morgan fingerprint density at radius 1 is 0.926 bits per heavy atom. The highest BCUT2D eigenvalue weighted by Crippen LogP contribution is 2.33. The van der Waals surface area contributed by atoms with E-state index in [-0.39, 0.29) is 5.56 Å². The first-order valence-electron chi connectivity index (χ1n) is 9.38. The second-order valence-electron chi connectivity index (χ2n) is 7.28. The number of aromatic nitrogens is 2. The summed E-state index contributed by atoms with van der Waals surface area (Å²) in [5.74, 6) is 1.25. The lowest BCUT2D eigenvalue weighted by atomic mass is 10.1. The molecule has 4 nitrogen and oxygen atoms in total. The molecule has 0 spiro atoms. The van der Waals surface area contributed by atoms with Gasteiger partial charge in [-0.2, -0.15) is 0 Å². The van der Waals surface area contributed by atoms with Crippen LogP contribution in [0.15, 0.2) is 65.5 Å². The summed E-state index contributed by atoms with van der Waals surface area (Å²) < 4.78 is 9.52. The fraction of sp³-hybridized carbons (Fsp3) is 0.261. The Bertz CT molecular complexity index is 1150. The summed E-state index contributed by atoms with van der Waals surface area (Å²) in [6.07, 6.45) is 0.943. The predicted molar refractivity (Wildman–Crippen MR) is 111 cm³/mol. The van der Waals surface area contributed by atoms with Crippen LogP contribution in [0.2, 0.25) is 0 Å². The van der Waals surface area contributed by atoms with E-state index in [1.807, 2.05) is 59.3 Å². The molecule has 4 aromatic rings. The molecular formula is C23H24N2O2. The first-order valence-corrected chi connectivity index (χ1v) is 9.38. The number of fused-ring (bicyclic) bond motifs is 3. The molecule has 0 saturated heterocycles. The SMILES string of the molecule is COc1cc2c(=O)n(CCC(C)C)n(-c3ccccc3)c2c2ccccc12. The summed E-state index contributed by atoms with van der Waals surface area (Å²) in [5, 5.41) is 2.73. The van der Waals surface area contributed by atoms with E-state index in [1.165, 1.54) is 0 Å². The van der Waals surface area contributed by atoms with Crippen LogP contribution in [0.4, 0.5) is 0 Å². The van der Waals surface area contributed by atoms with Crippen LogP contribution in [0.3, 0.4) is 0 Å². The fourth-order valence-electron chi connectivity index (χ4n) is 3.66. The third-order valence-corrected chi connectivity index (χ3v) is 5.04. The quantitative estimate of drug-likeness (QED) is 0.502. The highest BCUT2D eigenvalue weighted by molar-refractivity contribution is 6.09. The molecule has 0 fully saturated rings. The van der Waals surface area contributed by atoms with Crippen molar-refractivity contribution in [1.82, 2.24) is 9.36 Å². The van der Waals surface area contributed by atoms with E-state index < -0.39 is 0 Å². The minimum absolute atomic E-state index is 0.0264. The van der Waals surface area contributed by atoms with Gasteiger partial charge in [-0.05, 0) is 30.5 Å². The standard InChI is InChI=1S/C23H24N2O2/c1-16(2)13-14-24-23(26)20-15-21(27-3)18-11-7-8-12-19(18)22(20)25(24)17-9-5-4-6-10-17/h4-12,15-16H,13-14H2,1-3H3. The first kappa shape index (κ1) is 17.4. The van der Waals surface area contributed by atoms with Crippen LogP contribution in [-0.2, 0) is 6.54 Å². The highest BCUT2D eigenvalue weighted by atomic mass is 16.5. The zero-order chi connectivity index (χ0) is 19.0. The molecule has 1 aromatic heterocycles. The molecule has 1 heterocycles. The van der Waals surface area contributed by atoms with Crippen LogP contribution in [0.5, 0.6) is 5.75 Å². The van der Waals surface area contributed by atoms with Gasteiger partial charge in [-0.1, -0.05) is 56.3 Å². The average Bonchev–Trinajstić information content (AvgIpc) is 2.98. The Balaban J connectivity index is 2.15.